The molecule has 0 aliphatic heterocycles. The van der Waals surface area contributed by atoms with Crippen molar-refractivity contribution >= 4 is 77.5 Å². The molecule has 0 atom stereocenters. The predicted molar refractivity (Wildman–Crippen MR) is 156 cm³/mol. The molecule has 0 unspecified atom stereocenters. The summed E-state index contributed by atoms with van der Waals surface area (Å²) in [6, 6.07) is 11.3. The Bertz CT molecular complexity index is 1490. The number of fused-ring (bicyclic) bond motifs is 2. The maximum atomic E-state index is 12.4. The van der Waals surface area contributed by atoms with Crippen LogP contribution in [0.1, 0.15) is 50.6 Å². The van der Waals surface area contributed by atoms with Crippen molar-refractivity contribution in [1.82, 2.24) is 0 Å². The van der Waals surface area contributed by atoms with Crippen molar-refractivity contribution in [2.75, 3.05) is 32.7 Å². The van der Waals surface area contributed by atoms with Gasteiger partial charge in [0, 0.05) is 0 Å². The predicted octanol–water partition coefficient (Wildman–Crippen LogP) is 4.10. The van der Waals surface area contributed by atoms with Gasteiger partial charge in [-0.15, -0.1) is 0 Å². The molecule has 2 aromatic carbocycles. The second-order valence-electron chi connectivity index (χ2n) is 9.12. The van der Waals surface area contributed by atoms with E-state index in [1.165, 1.54) is 0 Å². The molecule has 0 radical (unpaired) electrons. The fourth-order valence-electron chi connectivity index (χ4n) is 4.13. The summed E-state index contributed by atoms with van der Waals surface area (Å²) in [7, 11) is 3.15. The fourth-order valence-corrected chi connectivity index (χ4v) is 8.50. The van der Waals surface area contributed by atoms with E-state index in [-0.39, 0.29) is 66.3 Å². The molecule has 0 saturated heterocycles. The molecule has 0 fully saturated rings. The summed E-state index contributed by atoms with van der Waals surface area (Å²) in [5.41, 5.74) is 0.792. The third-order valence-corrected chi connectivity index (χ3v) is 11.0. The van der Waals surface area contributed by atoms with E-state index in [1.54, 1.807) is 14.2 Å². The van der Waals surface area contributed by atoms with Gasteiger partial charge < -0.3 is 0 Å². The van der Waals surface area contributed by atoms with Crippen LogP contribution in [0, 0.1) is 0 Å². The van der Waals surface area contributed by atoms with Gasteiger partial charge >= 0.3 is 248 Å². The number of Topliss-reactive ketones (excluding diaryl/α,β-unsaturated/α-hetero) is 2. The number of nitrogens with one attached hydrogen (secondary N) is 1. The van der Waals surface area contributed by atoms with Crippen LogP contribution in [0.15, 0.2) is 36.4 Å². The zero-order valence-corrected chi connectivity index (χ0v) is 25.9. The monoisotopic (exact) mass is 695 g/mol. The quantitative estimate of drug-likeness (QED) is 0.0891. The minimum atomic E-state index is -0.989. The van der Waals surface area contributed by atoms with Crippen LogP contribution in [-0.4, -0.2) is 90.1 Å². The van der Waals surface area contributed by atoms with Crippen molar-refractivity contribution in [2.45, 2.75) is 32.1 Å². The van der Waals surface area contributed by atoms with Gasteiger partial charge in [0.2, 0.25) is 0 Å². The molecule has 41 heavy (non-hydrogen) atoms. The number of carboxylic acid groups (broad SMARTS) is 2. The molecule has 0 bridgehead atoms. The van der Waals surface area contributed by atoms with E-state index < -0.39 is 11.9 Å². The Labute approximate surface area is 247 Å². The SMILES string of the molecule is COc1cc2[se]c(C(=O)CCC(=O)O)cc2cc1NCCCOc1cc2cc(C(=O)CCC(=O)O)[se]c2cc1OC. The van der Waals surface area contributed by atoms with E-state index in [1.807, 2.05) is 36.4 Å². The summed E-state index contributed by atoms with van der Waals surface area (Å²) in [5, 5.41) is 22.9. The van der Waals surface area contributed by atoms with Gasteiger partial charge in [0.15, 0.2) is 0 Å². The average molecular weight is 693 g/mol. The van der Waals surface area contributed by atoms with Crippen LogP contribution in [0.4, 0.5) is 5.69 Å². The normalized spacial score (nSPS) is 11.0. The summed E-state index contributed by atoms with van der Waals surface area (Å²) >= 11 is -0.402. The Balaban J connectivity index is 1.36. The van der Waals surface area contributed by atoms with Gasteiger partial charge in [0.25, 0.3) is 0 Å². The number of anilines is 1. The van der Waals surface area contributed by atoms with E-state index >= 15 is 0 Å². The molecule has 0 spiro atoms. The Morgan fingerprint density at radius 3 is 1.78 bits per heavy atom. The maximum absolute atomic E-state index is 12.4. The van der Waals surface area contributed by atoms with Gasteiger partial charge in [-0.25, -0.2) is 0 Å². The van der Waals surface area contributed by atoms with Crippen molar-refractivity contribution in [3.05, 3.63) is 45.3 Å². The van der Waals surface area contributed by atoms with Crippen molar-refractivity contribution in [2.24, 2.45) is 0 Å². The summed E-state index contributed by atoms with van der Waals surface area (Å²) in [4.78, 5) is 46.4. The van der Waals surface area contributed by atoms with Crippen LogP contribution in [0.2, 0.25) is 0 Å². The molecule has 2 aromatic heterocycles. The number of ketones is 2. The first-order chi connectivity index (χ1) is 19.7. The number of ether oxygens (including phenoxy) is 3. The molecular formula is C29H29NO9Se2. The first-order valence-electron chi connectivity index (χ1n) is 12.8. The van der Waals surface area contributed by atoms with Crippen molar-refractivity contribution < 1.29 is 43.6 Å². The minimum absolute atomic E-state index is 0.00259. The van der Waals surface area contributed by atoms with E-state index in [0.717, 1.165) is 25.0 Å². The molecule has 216 valence electrons. The molecule has 0 aliphatic rings. The topological polar surface area (TPSA) is 148 Å². The number of aliphatic carboxylic acids is 2. The average Bonchev–Trinajstić information content (AvgIpc) is 3.56. The molecule has 3 N–H and O–H groups in total. The third kappa shape index (κ3) is 7.80. The number of carbonyl (C=O) groups is 4. The second-order valence-corrected chi connectivity index (χ2v) is 13.7. The summed E-state index contributed by atoms with van der Waals surface area (Å²) < 4.78 is 20.4. The van der Waals surface area contributed by atoms with Crippen LogP contribution in [0.3, 0.4) is 0 Å². The number of hydrogen-bond donors (Lipinski definition) is 3. The number of benzene rings is 2. The van der Waals surface area contributed by atoms with Crippen LogP contribution in [0.5, 0.6) is 17.2 Å². The van der Waals surface area contributed by atoms with E-state index in [2.05, 4.69) is 5.32 Å². The Morgan fingerprint density at radius 2 is 1.24 bits per heavy atom. The molecule has 10 nitrogen and oxygen atoms in total. The zero-order chi connectivity index (χ0) is 29.5. The first-order valence-corrected chi connectivity index (χ1v) is 16.2. The van der Waals surface area contributed by atoms with Crippen LogP contribution in [-0.2, 0) is 9.59 Å². The van der Waals surface area contributed by atoms with Crippen LogP contribution < -0.4 is 19.5 Å². The third-order valence-electron chi connectivity index (χ3n) is 6.22. The first kappa shape index (κ1) is 30.4. The molecule has 4 rings (SSSR count). The summed E-state index contributed by atoms with van der Waals surface area (Å²) in [5.74, 6) is -0.432. The van der Waals surface area contributed by atoms with E-state index in [0.29, 0.717) is 45.7 Å². The number of carboxylic acids is 2. The van der Waals surface area contributed by atoms with Gasteiger partial charge in [0.05, 0.1) is 0 Å². The second kappa shape index (κ2) is 13.9. The zero-order valence-electron chi connectivity index (χ0n) is 22.5. The van der Waals surface area contributed by atoms with Crippen molar-refractivity contribution in [1.29, 1.82) is 0 Å². The summed E-state index contributed by atoms with van der Waals surface area (Å²) in [6.07, 6.45) is 0.293. The summed E-state index contributed by atoms with van der Waals surface area (Å²) in [6.45, 7) is 0.993. The fraction of sp³-hybridized carbons (Fsp3) is 0.310. The van der Waals surface area contributed by atoms with Crippen LogP contribution in [0.25, 0.3) is 19.3 Å². The molecule has 0 aliphatic carbocycles. The molecule has 0 saturated carbocycles. The van der Waals surface area contributed by atoms with E-state index in [9.17, 15) is 19.2 Å². The van der Waals surface area contributed by atoms with E-state index in [4.69, 9.17) is 24.4 Å². The molecule has 0 amide bonds. The van der Waals surface area contributed by atoms with Gasteiger partial charge in [-0.05, 0) is 0 Å². The molecular weight excluding hydrogens is 664 g/mol. The standard InChI is InChI=1S/C29H29NO9Se2/c1-37-21-14-24-16(12-26(40-24)19(31)4-6-28(33)34)10-18(21)30-8-3-9-39-23-11-17-13-27(20(32)5-7-29(35)36)41-25(17)15-22(23)38-2/h10-15,30H,3-9H2,1-2H3,(H,33,34)(H,35,36). The van der Waals surface area contributed by atoms with Gasteiger partial charge in [0.1, 0.15) is 0 Å². The number of carbonyl (C=O) groups excluding carboxylic acids is 2. The van der Waals surface area contributed by atoms with Gasteiger partial charge in [-0.3, -0.25) is 0 Å². The van der Waals surface area contributed by atoms with Crippen molar-refractivity contribution in [3.8, 4) is 17.2 Å². The van der Waals surface area contributed by atoms with Crippen molar-refractivity contribution in [3.63, 3.8) is 0 Å². The van der Waals surface area contributed by atoms with Crippen LogP contribution >= 0.6 is 0 Å². The Morgan fingerprint density at radius 1 is 0.707 bits per heavy atom. The molecule has 4 aromatic rings. The number of methoxy groups -OCH3 is 2. The Hall–Kier alpha value is -3.56. The molecule has 12 heteroatoms. The van der Waals surface area contributed by atoms with Gasteiger partial charge in [-0.2, -0.15) is 0 Å². The number of hydrogen-bond acceptors (Lipinski definition) is 8. The number of rotatable bonds is 16. The van der Waals surface area contributed by atoms with Gasteiger partial charge in [-0.1, -0.05) is 0 Å². The Kier molecular flexibility index (Phi) is 10.3. The molecule has 2 heterocycles.